The van der Waals surface area contributed by atoms with Crippen molar-refractivity contribution in [3.8, 4) is 5.88 Å². The number of carbonyl (C=O) groups excluding carboxylic acids is 2. The van der Waals surface area contributed by atoms with Gasteiger partial charge in [-0.25, -0.2) is 9.78 Å². The molecular formula is C14H18N2O4. The predicted molar refractivity (Wildman–Crippen MR) is 71.4 cm³/mol. The SMILES string of the molecule is CCOc1ncccc1C(=O)OC(C)C(=O)NC1CC1. The summed E-state index contributed by atoms with van der Waals surface area (Å²) in [6.07, 6.45) is 2.68. The molecule has 1 aliphatic rings. The molecule has 2 rings (SSSR count). The molecular weight excluding hydrogens is 260 g/mol. The Hall–Kier alpha value is -2.11. The zero-order valence-corrected chi connectivity index (χ0v) is 11.6. The summed E-state index contributed by atoms with van der Waals surface area (Å²) in [6, 6.07) is 3.42. The van der Waals surface area contributed by atoms with Crippen LogP contribution in [0.25, 0.3) is 0 Å². The van der Waals surface area contributed by atoms with Gasteiger partial charge in [-0.2, -0.15) is 0 Å². The topological polar surface area (TPSA) is 77.5 Å². The van der Waals surface area contributed by atoms with Gasteiger partial charge in [-0.3, -0.25) is 4.79 Å². The number of rotatable bonds is 6. The molecule has 1 fully saturated rings. The van der Waals surface area contributed by atoms with E-state index in [0.717, 1.165) is 12.8 Å². The van der Waals surface area contributed by atoms with Gasteiger partial charge in [-0.05, 0) is 38.8 Å². The van der Waals surface area contributed by atoms with Crippen LogP contribution in [0.4, 0.5) is 0 Å². The number of carbonyl (C=O) groups is 2. The van der Waals surface area contributed by atoms with Crippen molar-refractivity contribution in [2.45, 2.75) is 38.8 Å². The van der Waals surface area contributed by atoms with E-state index in [2.05, 4.69) is 10.3 Å². The van der Waals surface area contributed by atoms with Gasteiger partial charge in [0.25, 0.3) is 5.91 Å². The molecule has 0 aliphatic heterocycles. The number of pyridine rings is 1. The van der Waals surface area contributed by atoms with Crippen molar-refractivity contribution in [1.82, 2.24) is 10.3 Å². The summed E-state index contributed by atoms with van der Waals surface area (Å²) in [5, 5.41) is 2.79. The molecule has 0 radical (unpaired) electrons. The first-order valence-electron chi connectivity index (χ1n) is 6.71. The smallest absolute Gasteiger partial charge is 0.344 e. The second-order valence-electron chi connectivity index (χ2n) is 4.62. The van der Waals surface area contributed by atoms with E-state index < -0.39 is 12.1 Å². The Labute approximate surface area is 117 Å². The van der Waals surface area contributed by atoms with Crippen molar-refractivity contribution < 1.29 is 19.1 Å². The van der Waals surface area contributed by atoms with Gasteiger partial charge < -0.3 is 14.8 Å². The lowest BCUT2D eigenvalue weighted by Gasteiger charge is -2.14. The number of esters is 1. The lowest BCUT2D eigenvalue weighted by atomic mass is 10.2. The first kappa shape index (κ1) is 14.3. The minimum Gasteiger partial charge on any atom is -0.477 e. The number of amides is 1. The Morgan fingerprint density at radius 1 is 1.50 bits per heavy atom. The van der Waals surface area contributed by atoms with Crippen LogP contribution >= 0.6 is 0 Å². The van der Waals surface area contributed by atoms with E-state index >= 15 is 0 Å². The van der Waals surface area contributed by atoms with Gasteiger partial charge in [0.2, 0.25) is 5.88 Å². The van der Waals surface area contributed by atoms with Gasteiger partial charge in [0.05, 0.1) is 6.61 Å². The number of aromatic nitrogens is 1. The maximum Gasteiger partial charge on any atom is 0.344 e. The summed E-state index contributed by atoms with van der Waals surface area (Å²) in [5.74, 6) is -0.669. The average Bonchev–Trinajstić information content (AvgIpc) is 3.23. The maximum atomic E-state index is 12.0. The molecule has 0 bridgehead atoms. The molecule has 1 N–H and O–H groups in total. The fraction of sp³-hybridized carbons (Fsp3) is 0.500. The Kier molecular flexibility index (Phi) is 4.55. The molecule has 1 atom stereocenters. The third-order valence-corrected chi connectivity index (χ3v) is 2.85. The summed E-state index contributed by atoms with van der Waals surface area (Å²) in [5.41, 5.74) is 0.223. The van der Waals surface area contributed by atoms with E-state index in [4.69, 9.17) is 9.47 Å². The molecule has 1 saturated carbocycles. The zero-order chi connectivity index (χ0) is 14.5. The predicted octanol–water partition coefficient (Wildman–Crippen LogP) is 1.30. The summed E-state index contributed by atoms with van der Waals surface area (Å²) in [6.45, 7) is 3.75. The fourth-order valence-corrected chi connectivity index (χ4v) is 1.62. The minimum atomic E-state index is -0.835. The zero-order valence-electron chi connectivity index (χ0n) is 11.6. The van der Waals surface area contributed by atoms with Crippen LogP contribution in [0, 0.1) is 0 Å². The van der Waals surface area contributed by atoms with E-state index in [-0.39, 0.29) is 23.4 Å². The minimum absolute atomic E-state index is 0.217. The third kappa shape index (κ3) is 3.69. The van der Waals surface area contributed by atoms with Crippen molar-refractivity contribution in [3.63, 3.8) is 0 Å². The third-order valence-electron chi connectivity index (χ3n) is 2.85. The van der Waals surface area contributed by atoms with Crippen molar-refractivity contribution >= 4 is 11.9 Å². The second-order valence-corrected chi connectivity index (χ2v) is 4.62. The standard InChI is InChI=1S/C14H18N2O4/c1-3-19-13-11(5-4-8-15-13)14(18)20-9(2)12(17)16-10-6-7-10/h4-5,8-10H,3,6-7H2,1-2H3,(H,16,17). The molecule has 0 spiro atoms. The van der Waals surface area contributed by atoms with Crippen molar-refractivity contribution in [3.05, 3.63) is 23.9 Å². The highest BCUT2D eigenvalue weighted by molar-refractivity contribution is 5.94. The Bertz CT molecular complexity index is 500. The molecule has 6 nitrogen and oxygen atoms in total. The molecule has 1 aromatic heterocycles. The quantitative estimate of drug-likeness (QED) is 0.794. The van der Waals surface area contributed by atoms with Gasteiger partial charge in [-0.1, -0.05) is 0 Å². The van der Waals surface area contributed by atoms with E-state index in [1.165, 1.54) is 6.20 Å². The Morgan fingerprint density at radius 2 is 2.25 bits per heavy atom. The summed E-state index contributed by atoms with van der Waals surface area (Å²) in [4.78, 5) is 27.7. The van der Waals surface area contributed by atoms with Gasteiger partial charge in [0, 0.05) is 12.2 Å². The molecule has 6 heteroatoms. The van der Waals surface area contributed by atoms with E-state index in [1.54, 1.807) is 26.0 Å². The normalized spacial score (nSPS) is 15.3. The van der Waals surface area contributed by atoms with Gasteiger partial charge in [-0.15, -0.1) is 0 Å². The molecule has 1 unspecified atom stereocenters. The highest BCUT2D eigenvalue weighted by atomic mass is 16.5. The molecule has 1 heterocycles. The number of nitrogens with zero attached hydrogens (tertiary/aromatic N) is 1. The summed E-state index contributed by atoms with van der Waals surface area (Å²) >= 11 is 0. The highest BCUT2D eigenvalue weighted by Gasteiger charge is 2.28. The average molecular weight is 278 g/mol. The van der Waals surface area contributed by atoms with Crippen LogP contribution in [-0.2, 0) is 9.53 Å². The van der Waals surface area contributed by atoms with E-state index in [1.807, 2.05) is 0 Å². The number of ether oxygens (including phenoxy) is 2. The first-order chi connectivity index (χ1) is 9.61. The van der Waals surface area contributed by atoms with Crippen LogP contribution in [0.15, 0.2) is 18.3 Å². The van der Waals surface area contributed by atoms with Crippen LogP contribution in [0.1, 0.15) is 37.0 Å². The lowest BCUT2D eigenvalue weighted by molar-refractivity contribution is -0.129. The van der Waals surface area contributed by atoms with Crippen molar-refractivity contribution in [2.24, 2.45) is 0 Å². The molecule has 0 saturated heterocycles. The molecule has 108 valence electrons. The van der Waals surface area contributed by atoms with Gasteiger partial charge >= 0.3 is 5.97 Å². The van der Waals surface area contributed by atoms with Crippen LogP contribution in [0.5, 0.6) is 5.88 Å². The lowest BCUT2D eigenvalue weighted by Crippen LogP contribution is -2.37. The second kappa shape index (κ2) is 6.36. The van der Waals surface area contributed by atoms with Crippen molar-refractivity contribution in [2.75, 3.05) is 6.61 Å². The molecule has 1 amide bonds. The number of hydrogen-bond donors (Lipinski definition) is 1. The van der Waals surface area contributed by atoms with Crippen molar-refractivity contribution in [1.29, 1.82) is 0 Å². The van der Waals surface area contributed by atoms with Crippen LogP contribution in [-0.4, -0.2) is 35.6 Å². The van der Waals surface area contributed by atoms with Crippen LogP contribution in [0.3, 0.4) is 0 Å². The number of hydrogen-bond acceptors (Lipinski definition) is 5. The largest absolute Gasteiger partial charge is 0.477 e. The fourth-order valence-electron chi connectivity index (χ4n) is 1.62. The maximum absolute atomic E-state index is 12.0. The van der Waals surface area contributed by atoms with E-state index in [0.29, 0.717) is 6.61 Å². The first-order valence-corrected chi connectivity index (χ1v) is 6.71. The Balaban J connectivity index is 1.98. The van der Waals surface area contributed by atoms with Gasteiger partial charge in [0.1, 0.15) is 5.56 Å². The van der Waals surface area contributed by atoms with E-state index in [9.17, 15) is 9.59 Å². The van der Waals surface area contributed by atoms with Gasteiger partial charge in [0.15, 0.2) is 6.10 Å². The highest BCUT2D eigenvalue weighted by Crippen LogP contribution is 2.19. The molecule has 20 heavy (non-hydrogen) atoms. The van der Waals surface area contributed by atoms with Crippen LogP contribution in [0.2, 0.25) is 0 Å². The monoisotopic (exact) mass is 278 g/mol. The summed E-state index contributed by atoms with van der Waals surface area (Å²) in [7, 11) is 0. The van der Waals surface area contributed by atoms with Crippen LogP contribution < -0.4 is 10.1 Å². The summed E-state index contributed by atoms with van der Waals surface area (Å²) < 4.78 is 10.4. The molecule has 1 aromatic rings. The molecule has 0 aromatic carbocycles. The molecule has 1 aliphatic carbocycles. The number of nitrogens with one attached hydrogen (secondary N) is 1. The Morgan fingerprint density at radius 3 is 2.90 bits per heavy atom.